The molecule has 0 radical (unpaired) electrons. The lowest BCUT2D eigenvalue weighted by Crippen LogP contribution is -2.65. The fourth-order valence-electron chi connectivity index (χ4n) is 5.91. The summed E-state index contributed by atoms with van der Waals surface area (Å²) in [7, 11) is 0. The standard InChI is InChI=1S/C43H48N2O11/c1-43(2,3)56-41(49)33(44-42(50)55-40(48)32-22-14-7-15-23-32)24-35(47)45-39-38(53-28-31-20-12-6-13-21-31)37(52-27-30-18-10-5-11-19-30)36(34(25-46)54-39)51-26-29-16-8-4-9-17-29/h4-23,33-34,36-39,46H,24-28H2,1-3H3,(H,44,50)(H,45,47)/t33-,34+,36+,37-,38+,39-/m0/s1. The first-order chi connectivity index (χ1) is 27.0. The molecule has 4 aromatic rings. The molecular formula is C43H48N2O11. The zero-order valence-corrected chi connectivity index (χ0v) is 31.6. The van der Waals surface area contributed by atoms with Crippen LogP contribution in [0.15, 0.2) is 121 Å². The maximum absolute atomic E-state index is 13.9. The minimum Gasteiger partial charge on any atom is -0.458 e. The maximum atomic E-state index is 13.9. The Labute approximate surface area is 326 Å². The van der Waals surface area contributed by atoms with Crippen molar-refractivity contribution in [3.8, 4) is 0 Å². The van der Waals surface area contributed by atoms with Crippen molar-refractivity contribution in [3.05, 3.63) is 144 Å². The molecule has 13 nitrogen and oxygen atoms in total. The zero-order valence-electron chi connectivity index (χ0n) is 31.6. The van der Waals surface area contributed by atoms with Crippen LogP contribution in [0.1, 0.15) is 54.2 Å². The number of nitrogens with one attached hydrogen (secondary N) is 2. The maximum Gasteiger partial charge on any atom is 0.415 e. The van der Waals surface area contributed by atoms with Gasteiger partial charge >= 0.3 is 18.0 Å². The van der Waals surface area contributed by atoms with Gasteiger partial charge in [-0.3, -0.25) is 4.79 Å². The average molecular weight is 769 g/mol. The Kier molecular flexibility index (Phi) is 15.2. The normalized spacial score (nSPS) is 20.0. The van der Waals surface area contributed by atoms with Gasteiger partial charge in [0.1, 0.15) is 36.1 Å². The molecule has 0 aromatic heterocycles. The number of ether oxygens (including phenoxy) is 6. The van der Waals surface area contributed by atoms with E-state index in [4.69, 9.17) is 28.4 Å². The van der Waals surface area contributed by atoms with E-state index < -0.39 is 79.3 Å². The first-order valence-electron chi connectivity index (χ1n) is 18.3. The van der Waals surface area contributed by atoms with E-state index in [1.807, 2.05) is 91.0 Å². The van der Waals surface area contributed by atoms with Crippen molar-refractivity contribution in [2.45, 2.75) is 89.3 Å². The lowest BCUT2D eigenvalue weighted by molar-refractivity contribution is -0.274. The molecule has 2 amide bonds. The first kappa shape index (κ1) is 41.7. The highest BCUT2D eigenvalue weighted by molar-refractivity contribution is 5.97. The summed E-state index contributed by atoms with van der Waals surface area (Å²) in [5, 5.41) is 15.7. The summed E-state index contributed by atoms with van der Waals surface area (Å²) >= 11 is 0. The number of hydrogen-bond donors (Lipinski definition) is 3. The number of alkyl carbamates (subject to hydrolysis) is 1. The van der Waals surface area contributed by atoms with E-state index in [2.05, 4.69) is 10.6 Å². The smallest absolute Gasteiger partial charge is 0.415 e. The van der Waals surface area contributed by atoms with Gasteiger partial charge in [-0.2, -0.15) is 0 Å². The Bertz CT molecular complexity index is 1840. The van der Waals surface area contributed by atoms with E-state index in [1.165, 1.54) is 12.1 Å². The van der Waals surface area contributed by atoms with Crippen molar-refractivity contribution in [2.75, 3.05) is 6.61 Å². The Morgan fingerprint density at radius 3 is 1.62 bits per heavy atom. The fourth-order valence-corrected chi connectivity index (χ4v) is 5.91. The van der Waals surface area contributed by atoms with Gasteiger partial charge in [0, 0.05) is 0 Å². The van der Waals surface area contributed by atoms with Crippen LogP contribution in [0.3, 0.4) is 0 Å². The van der Waals surface area contributed by atoms with Crippen molar-refractivity contribution in [1.29, 1.82) is 0 Å². The van der Waals surface area contributed by atoms with Gasteiger partial charge in [-0.05, 0) is 49.6 Å². The predicted molar refractivity (Wildman–Crippen MR) is 204 cm³/mol. The highest BCUT2D eigenvalue weighted by atomic mass is 16.6. The van der Waals surface area contributed by atoms with E-state index in [9.17, 15) is 24.3 Å². The number of hydrogen-bond acceptors (Lipinski definition) is 11. The summed E-state index contributed by atoms with van der Waals surface area (Å²) in [5.41, 5.74) is 1.72. The minimum atomic E-state index is -1.57. The number of rotatable bonds is 16. The van der Waals surface area contributed by atoms with Gasteiger partial charge in [-0.15, -0.1) is 0 Å². The lowest BCUT2D eigenvalue weighted by Gasteiger charge is -2.46. The Morgan fingerprint density at radius 1 is 0.679 bits per heavy atom. The van der Waals surface area contributed by atoms with Crippen molar-refractivity contribution in [1.82, 2.24) is 10.6 Å². The molecule has 6 atom stereocenters. The van der Waals surface area contributed by atoms with Crippen molar-refractivity contribution >= 4 is 23.9 Å². The number of carbonyl (C=O) groups excluding carboxylic acids is 4. The molecule has 0 spiro atoms. The van der Waals surface area contributed by atoms with E-state index in [1.54, 1.807) is 39.0 Å². The van der Waals surface area contributed by atoms with Crippen LogP contribution in [0.4, 0.5) is 4.79 Å². The number of aliphatic hydroxyl groups is 1. The predicted octanol–water partition coefficient (Wildman–Crippen LogP) is 5.24. The Morgan fingerprint density at radius 2 is 1.14 bits per heavy atom. The SMILES string of the molecule is CC(C)(C)OC(=O)[C@H](CC(=O)N[C@H]1O[C@H](CO)[C@@H](OCc2ccccc2)[C@H](OCc2ccccc2)[C@H]1OCc1ccccc1)NC(=O)OC(=O)c1ccccc1. The summed E-state index contributed by atoms with van der Waals surface area (Å²) in [6, 6.07) is 34.6. The van der Waals surface area contributed by atoms with Gasteiger partial charge in [0.2, 0.25) is 5.91 Å². The van der Waals surface area contributed by atoms with Crippen LogP contribution in [0.5, 0.6) is 0 Å². The van der Waals surface area contributed by atoms with Crippen LogP contribution >= 0.6 is 0 Å². The van der Waals surface area contributed by atoms with Crippen LogP contribution in [-0.2, 0) is 57.8 Å². The molecule has 1 heterocycles. The minimum absolute atomic E-state index is 0.102. The monoisotopic (exact) mass is 768 g/mol. The van der Waals surface area contributed by atoms with Crippen molar-refractivity contribution < 1.29 is 52.7 Å². The largest absolute Gasteiger partial charge is 0.458 e. The Balaban J connectivity index is 1.39. The quantitative estimate of drug-likeness (QED) is 0.101. The zero-order chi connectivity index (χ0) is 39.9. The van der Waals surface area contributed by atoms with Crippen LogP contribution in [0, 0.1) is 0 Å². The molecule has 3 N–H and O–H groups in total. The van der Waals surface area contributed by atoms with Crippen LogP contribution in [0.2, 0.25) is 0 Å². The van der Waals surface area contributed by atoms with Gasteiger partial charge in [-0.1, -0.05) is 109 Å². The van der Waals surface area contributed by atoms with Gasteiger partial charge < -0.3 is 44.2 Å². The first-order valence-corrected chi connectivity index (χ1v) is 18.3. The topological polar surface area (TPSA) is 168 Å². The van der Waals surface area contributed by atoms with Crippen LogP contribution in [-0.4, -0.2) is 77.9 Å². The summed E-state index contributed by atoms with van der Waals surface area (Å²) < 4.78 is 36.1. The number of benzene rings is 4. The molecule has 0 bridgehead atoms. The molecule has 0 aliphatic carbocycles. The third kappa shape index (κ3) is 12.8. The number of carbonyl (C=O) groups is 4. The Hall–Kier alpha value is -5.44. The molecule has 13 heteroatoms. The average Bonchev–Trinajstić information content (AvgIpc) is 3.19. The second kappa shape index (κ2) is 20.5. The van der Waals surface area contributed by atoms with E-state index in [-0.39, 0.29) is 25.4 Å². The third-order valence-corrected chi connectivity index (χ3v) is 8.54. The summed E-state index contributed by atoms with van der Waals surface area (Å²) in [4.78, 5) is 52.6. The third-order valence-electron chi connectivity index (χ3n) is 8.54. The second-order valence-corrected chi connectivity index (χ2v) is 14.1. The van der Waals surface area contributed by atoms with Gasteiger partial charge in [-0.25, -0.2) is 14.4 Å². The molecule has 5 rings (SSSR count). The van der Waals surface area contributed by atoms with Gasteiger partial charge in [0.05, 0.1) is 38.4 Å². The molecule has 56 heavy (non-hydrogen) atoms. The van der Waals surface area contributed by atoms with Crippen molar-refractivity contribution in [3.63, 3.8) is 0 Å². The second-order valence-electron chi connectivity index (χ2n) is 14.1. The highest BCUT2D eigenvalue weighted by Crippen LogP contribution is 2.30. The molecule has 0 unspecified atom stereocenters. The van der Waals surface area contributed by atoms with Gasteiger partial charge in [0.25, 0.3) is 0 Å². The number of amides is 2. The fraction of sp³-hybridized carbons (Fsp3) is 0.349. The molecule has 296 valence electrons. The molecule has 1 saturated heterocycles. The summed E-state index contributed by atoms with van der Waals surface area (Å²) in [5.74, 6) is -2.65. The lowest BCUT2D eigenvalue weighted by atomic mass is 9.96. The molecule has 1 fully saturated rings. The molecular weight excluding hydrogens is 720 g/mol. The molecule has 1 aliphatic rings. The molecule has 1 aliphatic heterocycles. The van der Waals surface area contributed by atoms with E-state index in [0.29, 0.717) is 0 Å². The highest BCUT2D eigenvalue weighted by Gasteiger charge is 2.49. The number of aliphatic hydroxyl groups excluding tert-OH is 1. The van der Waals surface area contributed by atoms with Crippen molar-refractivity contribution in [2.24, 2.45) is 0 Å². The van der Waals surface area contributed by atoms with Crippen LogP contribution in [0.25, 0.3) is 0 Å². The summed E-state index contributed by atoms with van der Waals surface area (Å²) in [6.45, 7) is 4.82. The number of esters is 2. The molecule has 0 saturated carbocycles. The summed E-state index contributed by atoms with van der Waals surface area (Å²) in [6.07, 6.45) is -6.86. The molecule has 4 aromatic carbocycles. The van der Waals surface area contributed by atoms with Crippen LogP contribution < -0.4 is 10.6 Å². The van der Waals surface area contributed by atoms with E-state index in [0.717, 1.165) is 16.7 Å². The van der Waals surface area contributed by atoms with E-state index >= 15 is 0 Å². The van der Waals surface area contributed by atoms with Gasteiger partial charge in [0.15, 0.2) is 6.23 Å².